The molecule has 2 aliphatic heterocycles. The average Bonchev–Trinajstić information content (AvgIpc) is 3.32. The summed E-state index contributed by atoms with van der Waals surface area (Å²) in [6, 6.07) is 4.61. The predicted octanol–water partition coefficient (Wildman–Crippen LogP) is 1.71. The van der Waals surface area contributed by atoms with E-state index in [1.807, 2.05) is 4.57 Å². The van der Waals surface area contributed by atoms with E-state index in [1.165, 1.54) is 17.6 Å². The second kappa shape index (κ2) is 6.07. The molecule has 0 aliphatic carbocycles. The molecular formula is C20H25N7O. The number of benzene rings is 1. The van der Waals surface area contributed by atoms with Crippen LogP contribution in [0, 0.1) is 0 Å². The van der Waals surface area contributed by atoms with Crippen LogP contribution in [0.5, 0.6) is 5.75 Å². The Labute approximate surface area is 163 Å². The number of nitrogens with zero attached hydrogens (tertiary/aromatic N) is 5. The number of ether oxygens (including phenoxy) is 1. The molecule has 1 unspecified atom stereocenters. The second-order valence-electron chi connectivity index (χ2n) is 8.39. The standard InChI is InChI=1S/C20H25N7O/c1-20(2)7-12-3-4-15(26-6-5-13(21)8-26)14(17(12)28-20)9-27-11-25-16-18(22)23-10-24-19(16)27/h3-4,10-11,13H,5-9,21H2,1-2H3,(H2,22,23,24). The summed E-state index contributed by atoms with van der Waals surface area (Å²) < 4.78 is 8.40. The van der Waals surface area contributed by atoms with Crippen LogP contribution < -0.4 is 21.1 Å². The minimum atomic E-state index is -0.208. The fourth-order valence-electron chi connectivity index (χ4n) is 4.34. The normalized spacial score (nSPS) is 20.5. The smallest absolute Gasteiger partial charge is 0.165 e. The molecule has 8 heteroatoms. The Morgan fingerprint density at radius 2 is 2.11 bits per heavy atom. The Hall–Kier alpha value is -2.87. The molecular weight excluding hydrogens is 354 g/mol. The first-order valence-electron chi connectivity index (χ1n) is 9.67. The van der Waals surface area contributed by atoms with Crippen LogP contribution in [0.25, 0.3) is 11.2 Å². The highest BCUT2D eigenvalue weighted by Gasteiger charge is 2.34. The van der Waals surface area contributed by atoms with Gasteiger partial charge in [-0.1, -0.05) is 6.07 Å². The van der Waals surface area contributed by atoms with Gasteiger partial charge in [0.25, 0.3) is 0 Å². The van der Waals surface area contributed by atoms with Crippen molar-refractivity contribution in [2.75, 3.05) is 23.7 Å². The van der Waals surface area contributed by atoms with Gasteiger partial charge in [-0.2, -0.15) is 0 Å². The highest BCUT2D eigenvalue weighted by molar-refractivity contribution is 5.81. The molecule has 1 fully saturated rings. The molecule has 8 nitrogen and oxygen atoms in total. The third-order valence-corrected chi connectivity index (χ3v) is 5.64. The lowest BCUT2D eigenvalue weighted by molar-refractivity contribution is 0.137. The van der Waals surface area contributed by atoms with Crippen LogP contribution in [0.15, 0.2) is 24.8 Å². The zero-order chi connectivity index (χ0) is 19.5. The molecule has 146 valence electrons. The molecule has 28 heavy (non-hydrogen) atoms. The molecule has 4 N–H and O–H groups in total. The van der Waals surface area contributed by atoms with Gasteiger partial charge >= 0.3 is 0 Å². The van der Waals surface area contributed by atoms with Crippen LogP contribution in [-0.2, 0) is 13.0 Å². The van der Waals surface area contributed by atoms with E-state index >= 15 is 0 Å². The minimum Gasteiger partial charge on any atom is -0.487 e. The van der Waals surface area contributed by atoms with Gasteiger partial charge in [0.05, 0.1) is 12.9 Å². The lowest BCUT2D eigenvalue weighted by atomic mass is 9.99. The molecule has 0 spiro atoms. The van der Waals surface area contributed by atoms with Crippen molar-refractivity contribution in [3.05, 3.63) is 35.9 Å². The van der Waals surface area contributed by atoms with Crippen molar-refractivity contribution in [1.82, 2.24) is 19.5 Å². The Kier molecular flexibility index (Phi) is 3.74. The number of anilines is 2. The number of nitrogen functional groups attached to an aromatic ring is 1. The zero-order valence-electron chi connectivity index (χ0n) is 16.2. The van der Waals surface area contributed by atoms with Gasteiger partial charge in [0.1, 0.15) is 23.2 Å². The Morgan fingerprint density at radius 3 is 2.89 bits per heavy atom. The fraction of sp³-hybridized carbons (Fsp3) is 0.450. The summed E-state index contributed by atoms with van der Waals surface area (Å²) in [4.78, 5) is 15.2. The van der Waals surface area contributed by atoms with Gasteiger partial charge in [-0.05, 0) is 31.9 Å². The van der Waals surface area contributed by atoms with Crippen molar-refractivity contribution >= 4 is 22.7 Å². The van der Waals surface area contributed by atoms with Crippen LogP contribution >= 0.6 is 0 Å². The van der Waals surface area contributed by atoms with Gasteiger partial charge in [0.2, 0.25) is 0 Å². The Bertz CT molecular complexity index is 1060. The molecule has 1 aromatic carbocycles. The van der Waals surface area contributed by atoms with Crippen molar-refractivity contribution in [1.29, 1.82) is 0 Å². The Balaban J connectivity index is 1.62. The summed E-state index contributed by atoms with van der Waals surface area (Å²) in [7, 11) is 0. The van der Waals surface area contributed by atoms with Crippen LogP contribution in [0.1, 0.15) is 31.4 Å². The van der Waals surface area contributed by atoms with Crippen molar-refractivity contribution in [2.45, 2.75) is 44.9 Å². The monoisotopic (exact) mass is 379 g/mol. The number of rotatable bonds is 3. The summed E-state index contributed by atoms with van der Waals surface area (Å²) in [6.07, 6.45) is 5.15. The average molecular weight is 379 g/mol. The molecule has 1 atom stereocenters. The van der Waals surface area contributed by atoms with E-state index in [1.54, 1.807) is 6.33 Å². The van der Waals surface area contributed by atoms with Crippen molar-refractivity contribution in [3.63, 3.8) is 0 Å². The van der Waals surface area contributed by atoms with E-state index < -0.39 is 0 Å². The molecule has 2 aliphatic rings. The number of imidazole rings is 1. The number of aromatic nitrogens is 4. The third kappa shape index (κ3) is 2.75. The SMILES string of the molecule is CC1(C)Cc2ccc(N3CCC(N)C3)c(Cn3cnc4c(N)ncnc43)c2O1. The van der Waals surface area contributed by atoms with Gasteiger partial charge in [-0.3, -0.25) is 0 Å². The maximum atomic E-state index is 6.39. The largest absolute Gasteiger partial charge is 0.487 e. The van der Waals surface area contributed by atoms with E-state index in [4.69, 9.17) is 16.2 Å². The predicted molar refractivity (Wildman–Crippen MR) is 108 cm³/mol. The number of hydrogen-bond acceptors (Lipinski definition) is 7. The van der Waals surface area contributed by atoms with Gasteiger partial charge < -0.3 is 25.7 Å². The molecule has 0 bridgehead atoms. The third-order valence-electron chi connectivity index (χ3n) is 5.64. The molecule has 2 aromatic heterocycles. The first-order chi connectivity index (χ1) is 13.4. The minimum absolute atomic E-state index is 0.208. The molecule has 0 amide bonds. The zero-order valence-corrected chi connectivity index (χ0v) is 16.2. The Morgan fingerprint density at radius 1 is 1.25 bits per heavy atom. The first kappa shape index (κ1) is 17.2. The lowest BCUT2D eigenvalue weighted by Gasteiger charge is -2.25. The van der Waals surface area contributed by atoms with E-state index in [2.05, 4.69) is 45.8 Å². The number of nitrogens with two attached hydrogens (primary N) is 2. The second-order valence-corrected chi connectivity index (χ2v) is 8.39. The van der Waals surface area contributed by atoms with Gasteiger partial charge in [0.15, 0.2) is 11.5 Å². The summed E-state index contributed by atoms with van der Waals surface area (Å²) >= 11 is 0. The molecule has 5 rings (SSSR count). The maximum absolute atomic E-state index is 6.39. The van der Waals surface area contributed by atoms with Crippen molar-refractivity contribution in [2.24, 2.45) is 5.73 Å². The highest BCUT2D eigenvalue weighted by atomic mass is 16.5. The van der Waals surface area contributed by atoms with Gasteiger partial charge in [0, 0.05) is 36.8 Å². The number of hydrogen-bond donors (Lipinski definition) is 2. The van der Waals surface area contributed by atoms with Crippen LogP contribution in [0.3, 0.4) is 0 Å². The van der Waals surface area contributed by atoms with E-state index in [9.17, 15) is 0 Å². The summed E-state index contributed by atoms with van der Waals surface area (Å²) in [5, 5.41) is 0. The van der Waals surface area contributed by atoms with Crippen LogP contribution in [-0.4, -0.2) is 44.3 Å². The van der Waals surface area contributed by atoms with Crippen molar-refractivity contribution < 1.29 is 4.74 Å². The summed E-state index contributed by atoms with van der Waals surface area (Å²) in [5.41, 5.74) is 16.8. The van der Waals surface area contributed by atoms with Crippen LogP contribution in [0.4, 0.5) is 11.5 Å². The van der Waals surface area contributed by atoms with Gasteiger partial charge in [-0.25, -0.2) is 15.0 Å². The first-order valence-corrected chi connectivity index (χ1v) is 9.67. The molecule has 1 saturated heterocycles. The maximum Gasteiger partial charge on any atom is 0.165 e. The molecule has 4 heterocycles. The lowest BCUT2D eigenvalue weighted by Crippen LogP contribution is -2.27. The topological polar surface area (TPSA) is 108 Å². The van der Waals surface area contributed by atoms with Crippen molar-refractivity contribution in [3.8, 4) is 5.75 Å². The van der Waals surface area contributed by atoms with E-state index in [-0.39, 0.29) is 11.6 Å². The molecule has 0 radical (unpaired) electrons. The highest BCUT2D eigenvalue weighted by Crippen LogP contribution is 2.43. The summed E-state index contributed by atoms with van der Waals surface area (Å²) in [6.45, 7) is 6.67. The van der Waals surface area contributed by atoms with E-state index in [0.29, 0.717) is 17.9 Å². The quantitative estimate of drug-likeness (QED) is 0.713. The number of fused-ring (bicyclic) bond motifs is 2. The van der Waals surface area contributed by atoms with Gasteiger partial charge in [-0.15, -0.1) is 0 Å². The van der Waals surface area contributed by atoms with E-state index in [0.717, 1.165) is 42.9 Å². The summed E-state index contributed by atoms with van der Waals surface area (Å²) in [5.74, 6) is 1.37. The molecule has 3 aromatic rings. The van der Waals surface area contributed by atoms with Crippen LogP contribution in [0.2, 0.25) is 0 Å². The molecule has 0 saturated carbocycles. The fourth-order valence-corrected chi connectivity index (χ4v) is 4.34.